The number of rotatable bonds is 10. The maximum atomic E-state index is 12.4. The normalized spacial score (nSPS) is 13.3. The maximum absolute atomic E-state index is 12.4. The van der Waals surface area contributed by atoms with Crippen molar-refractivity contribution in [1.29, 1.82) is 0 Å². The van der Waals surface area contributed by atoms with Crippen molar-refractivity contribution >= 4 is 34.0 Å². The third-order valence-electron chi connectivity index (χ3n) is 6.57. The van der Waals surface area contributed by atoms with Crippen LogP contribution >= 0.6 is 0 Å². The number of nitrogens with one attached hydrogen (secondary N) is 2. The van der Waals surface area contributed by atoms with Crippen LogP contribution in [0.1, 0.15) is 6.42 Å². The summed E-state index contributed by atoms with van der Waals surface area (Å²) in [6.07, 6.45) is 2.52. The number of methoxy groups -OCH3 is 1. The van der Waals surface area contributed by atoms with Gasteiger partial charge < -0.3 is 29.6 Å². The van der Waals surface area contributed by atoms with Crippen LogP contribution in [0.4, 0.5) is 21.9 Å². The number of nitrogens with zero attached hydrogens (tertiary/aromatic N) is 3. The van der Waals surface area contributed by atoms with Crippen molar-refractivity contribution in [3.05, 3.63) is 84.3 Å². The summed E-state index contributed by atoms with van der Waals surface area (Å²) in [6, 6.07) is 19.0. The van der Waals surface area contributed by atoms with Gasteiger partial charge in [0.2, 0.25) is 5.69 Å². The minimum absolute atomic E-state index is 0.366. The van der Waals surface area contributed by atoms with Crippen LogP contribution in [0.25, 0.3) is 15.7 Å². The summed E-state index contributed by atoms with van der Waals surface area (Å²) >= 11 is 0. The number of morpholine rings is 1. The summed E-state index contributed by atoms with van der Waals surface area (Å²) in [5, 5.41) is 6.28. The molecule has 1 saturated heterocycles. The number of fused-ring (bicyclic) bond motifs is 1. The molecule has 0 radical (unpaired) electrons. The zero-order valence-electron chi connectivity index (χ0n) is 22.8. The lowest BCUT2D eigenvalue weighted by Crippen LogP contribution is -2.37. The van der Waals surface area contributed by atoms with Crippen LogP contribution in [0.5, 0.6) is 23.0 Å². The molecule has 2 N–H and O–H groups in total. The molecular weight excluding hydrogens is 522 g/mol. The van der Waals surface area contributed by atoms with Crippen LogP contribution in [0.3, 0.4) is 0 Å². The molecule has 1 aliphatic rings. The van der Waals surface area contributed by atoms with Gasteiger partial charge in [-0.2, -0.15) is 0 Å². The highest BCUT2D eigenvalue weighted by Crippen LogP contribution is 2.37. The Morgan fingerprint density at radius 3 is 2.32 bits per heavy atom. The molecular formula is C31H31N5O5. The van der Waals surface area contributed by atoms with Crippen molar-refractivity contribution in [2.75, 3.05) is 57.2 Å². The minimum Gasteiger partial charge on any atom is -0.504 e. The van der Waals surface area contributed by atoms with Crippen molar-refractivity contribution in [2.45, 2.75) is 6.42 Å². The van der Waals surface area contributed by atoms with E-state index in [4.69, 9.17) is 25.5 Å². The number of carbonyl (C=O) groups excluding carboxylic acids is 1. The summed E-state index contributed by atoms with van der Waals surface area (Å²) in [4.78, 5) is 22.9. The molecule has 2 amide bonds. The fraction of sp³-hybridized carbons (Fsp3) is 0.258. The minimum atomic E-state index is -0.366. The van der Waals surface area contributed by atoms with Gasteiger partial charge in [0.1, 0.15) is 23.0 Å². The number of anilines is 2. The summed E-state index contributed by atoms with van der Waals surface area (Å²) < 4.78 is 22.6. The molecule has 1 aromatic heterocycles. The van der Waals surface area contributed by atoms with Gasteiger partial charge in [-0.05, 0) is 73.2 Å². The third kappa shape index (κ3) is 7.42. The molecule has 41 heavy (non-hydrogen) atoms. The van der Waals surface area contributed by atoms with Crippen LogP contribution in [-0.2, 0) is 4.74 Å². The Hall–Kier alpha value is -4.85. The van der Waals surface area contributed by atoms with Crippen molar-refractivity contribution in [2.24, 2.45) is 0 Å². The molecule has 210 valence electrons. The molecule has 0 bridgehead atoms. The lowest BCUT2D eigenvalue weighted by molar-refractivity contribution is 0.0358. The van der Waals surface area contributed by atoms with Gasteiger partial charge in [0, 0.05) is 42.6 Å². The second-order valence-corrected chi connectivity index (χ2v) is 9.35. The number of urea groups is 1. The molecule has 10 heteroatoms. The van der Waals surface area contributed by atoms with E-state index < -0.39 is 0 Å². The van der Waals surface area contributed by atoms with Gasteiger partial charge in [0.05, 0.1) is 39.0 Å². The van der Waals surface area contributed by atoms with Crippen LogP contribution < -0.4 is 24.8 Å². The number of benzene rings is 3. The number of pyridine rings is 1. The lowest BCUT2D eigenvalue weighted by atomic mass is 10.1. The van der Waals surface area contributed by atoms with E-state index in [0.29, 0.717) is 57.6 Å². The van der Waals surface area contributed by atoms with Gasteiger partial charge in [0.25, 0.3) is 0 Å². The highest BCUT2D eigenvalue weighted by molar-refractivity contribution is 5.99. The monoisotopic (exact) mass is 553 g/mol. The molecule has 1 aliphatic heterocycles. The molecule has 4 aromatic rings. The number of ether oxygens (including phenoxy) is 4. The number of aromatic nitrogens is 1. The van der Waals surface area contributed by atoms with Crippen LogP contribution in [0.2, 0.25) is 0 Å². The first-order chi connectivity index (χ1) is 20.1. The van der Waals surface area contributed by atoms with Gasteiger partial charge in [0.15, 0.2) is 0 Å². The Kier molecular flexibility index (Phi) is 9.11. The van der Waals surface area contributed by atoms with E-state index in [1.54, 1.807) is 80.0 Å². The fourth-order valence-corrected chi connectivity index (χ4v) is 4.42. The Morgan fingerprint density at radius 1 is 0.976 bits per heavy atom. The third-order valence-corrected chi connectivity index (χ3v) is 6.57. The van der Waals surface area contributed by atoms with Crippen molar-refractivity contribution in [1.82, 2.24) is 9.88 Å². The zero-order chi connectivity index (χ0) is 28.4. The van der Waals surface area contributed by atoms with Crippen molar-refractivity contribution in [3.63, 3.8) is 0 Å². The summed E-state index contributed by atoms with van der Waals surface area (Å²) in [5.74, 6) is 2.37. The van der Waals surface area contributed by atoms with Crippen LogP contribution in [0, 0.1) is 6.57 Å². The Labute approximate surface area is 238 Å². The molecule has 2 heterocycles. The Morgan fingerprint density at radius 2 is 1.66 bits per heavy atom. The summed E-state index contributed by atoms with van der Waals surface area (Å²) in [5.41, 5.74) is 2.33. The van der Waals surface area contributed by atoms with E-state index in [0.717, 1.165) is 39.3 Å². The smallest absolute Gasteiger partial charge is 0.323 e. The average molecular weight is 554 g/mol. The second kappa shape index (κ2) is 13.5. The second-order valence-electron chi connectivity index (χ2n) is 9.35. The highest BCUT2D eigenvalue weighted by atomic mass is 16.5. The molecule has 3 aromatic carbocycles. The molecule has 0 aliphatic carbocycles. The summed E-state index contributed by atoms with van der Waals surface area (Å²) in [6.45, 7) is 12.5. The van der Waals surface area contributed by atoms with E-state index in [1.165, 1.54) is 0 Å². The molecule has 0 atom stereocenters. The van der Waals surface area contributed by atoms with Crippen LogP contribution in [-0.4, -0.2) is 62.5 Å². The number of hydrogen-bond acceptors (Lipinski definition) is 7. The van der Waals surface area contributed by atoms with Crippen LogP contribution in [0.15, 0.2) is 72.9 Å². The van der Waals surface area contributed by atoms with Gasteiger partial charge in [-0.25, -0.2) is 9.64 Å². The SMILES string of the molecule is [C-]#[N+]c1cc2c(Oc3ccc(NC(=O)Nc4ccc(OC)cc4)cc3)ccnc2cc1OCCCN1CCOCC1. The fourth-order valence-electron chi connectivity index (χ4n) is 4.42. The Balaban J connectivity index is 1.20. The van der Waals surface area contributed by atoms with E-state index in [2.05, 4.69) is 25.4 Å². The predicted octanol–water partition coefficient (Wildman–Crippen LogP) is 6.33. The number of hydrogen-bond donors (Lipinski definition) is 2. The van der Waals surface area contributed by atoms with E-state index in [1.807, 2.05) is 0 Å². The molecule has 0 spiro atoms. The molecule has 0 saturated carbocycles. The highest BCUT2D eigenvalue weighted by Gasteiger charge is 2.13. The quantitative estimate of drug-likeness (QED) is 0.175. The van der Waals surface area contributed by atoms with E-state index in [-0.39, 0.29) is 6.03 Å². The Bertz CT molecular complexity index is 1510. The molecule has 10 nitrogen and oxygen atoms in total. The summed E-state index contributed by atoms with van der Waals surface area (Å²) in [7, 11) is 1.59. The number of carbonyl (C=O) groups is 1. The van der Waals surface area contributed by atoms with E-state index in [9.17, 15) is 4.79 Å². The molecule has 1 fully saturated rings. The first-order valence-corrected chi connectivity index (χ1v) is 13.3. The maximum Gasteiger partial charge on any atom is 0.323 e. The number of amides is 2. The standard InChI is InChI=1S/C31H31N5O5/c1-32-28-20-26-27(21-30(28)40-17-3-14-36-15-18-39-19-16-36)33-13-12-29(26)41-25-10-6-23(7-11-25)35-31(37)34-22-4-8-24(38-2)9-5-22/h4-13,20-21H,3,14-19H2,2H3,(H2,34,35,37). The lowest BCUT2D eigenvalue weighted by Gasteiger charge is -2.26. The van der Waals surface area contributed by atoms with Gasteiger partial charge in [-0.1, -0.05) is 0 Å². The van der Waals surface area contributed by atoms with Crippen molar-refractivity contribution in [3.8, 4) is 23.0 Å². The van der Waals surface area contributed by atoms with E-state index >= 15 is 0 Å². The first kappa shape index (κ1) is 27.7. The van der Waals surface area contributed by atoms with Gasteiger partial charge in [-0.3, -0.25) is 9.88 Å². The first-order valence-electron chi connectivity index (χ1n) is 13.3. The van der Waals surface area contributed by atoms with Gasteiger partial charge >= 0.3 is 6.03 Å². The zero-order valence-corrected chi connectivity index (χ0v) is 22.8. The largest absolute Gasteiger partial charge is 0.504 e. The van der Waals surface area contributed by atoms with Gasteiger partial charge in [-0.15, -0.1) is 0 Å². The van der Waals surface area contributed by atoms with Crippen molar-refractivity contribution < 1.29 is 23.7 Å². The molecule has 0 unspecified atom stereocenters. The average Bonchev–Trinajstić information content (AvgIpc) is 3.01. The predicted molar refractivity (Wildman–Crippen MR) is 158 cm³/mol. The topological polar surface area (TPSA) is 98.5 Å². The molecule has 5 rings (SSSR count).